The summed E-state index contributed by atoms with van der Waals surface area (Å²) in [6.45, 7) is 9.76. The minimum atomic E-state index is -1.43. The van der Waals surface area contributed by atoms with Crippen LogP contribution < -0.4 is 25.4 Å². The van der Waals surface area contributed by atoms with Crippen LogP contribution in [-0.4, -0.2) is 82.1 Å². The fourth-order valence-corrected chi connectivity index (χ4v) is 8.79. The number of amides is 4. The van der Waals surface area contributed by atoms with Crippen molar-refractivity contribution in [3.63, 3.8) is 0 Å². The second kappa shape index (κ2) is 23.9. The molecule has 4 amide bonds. The highest BCUT2D eigenvalue weighted by Gasteiger charge is 2.34. The van der Waals surface area contributed by atoms with Crippen LogP contribution in [0.25, 0.3) is 16.1 Å². The lowest BCUT2D eigenvalue weighted by Gasteiger charge is -2.12. The number of nitrogens with zero attached hydrogens (tertiary/aromatic N) is 7. The molecule has 0 fully saturated rings. The Labute approximate surface area is 455 Å². The van der Waals surface area contributed by atoms with E-state index in [9.17, 15) is 38.7 Å². The number of carbonyl (C=O) groups excluding carboxylic acids is 7. The molecule has 3 aliphatic rings. The largest absolute Gasteiger partial charge is 0.494 e. The molecule has 80 heavy (non-hydrogen) atoms. The molecule has 21 heteroatoms. The van der Waals surface area contributed by atoms with Gasteiger partial charge in [-0.25, -0.2) is 9.84 Å². The summed E-state index contributed by atoms with van der Waals surface area (Å²) in [4.78, 5) is 97.0. The summed E-state index contributed by atoms with van der Waals surface area (Å²) in [5.41, 5.74) is 7.92. The van der Waals surface area contributed by atoms with Crippen LogP contribution in [0.2, 0.25) is 0 Å². The van der Waals surface area contributed by atoms with Crippen molar-refractivity contribution in [3.8, 4) is 34.7 Å². The number of rotatable bonds is 18. The van der Waals surface area contributed by atoms with E-state index in [1.54, 1.807) is 133 Å². The molecule has 4 heterocycles. The Bertz CT molecular complexity index is 3730. The normalized spacial score (nSPS) is 13.6. The van der Waals surface area contributed by atoms with Gasteiger partial charge in [-0.05, 0) is 96.8 Å². The third kappa shape index (κ3) is 12.3. The Morgan fingerprint density at radius 2 is 1.36 bits per heavy atom. The molecule has 0 bridgehead atoms. The van der Waals surface area contributed by atoms with Crippen molar-refractivity contribution in [2.24, 2.45) is 25.4 Å². The Kier molecular flexibility index (Phi) is 16.0. The number of azo groups is 2. The molecule has 396 valence electrons. The van der Waals surface area contributed by atoms with Crippen molar-refractivity contribution in [2.75, 3.05) is 29.2 Å². The van der Waals surface area contributed by atoms with Crippen LogP contribution in [-0.2, 0) is 48.0 Å². The summed E-state index contributed by atoms with van der Waals surface area (Å²) in [5.74, 6) is -2.35. The third-order valence-electron chi connectivity index (χ3n) is 12.6. The minimum absolute atomic E-state index is 0.0546. The van der Waals surface area contributed by atoms with Crippen LogP contribution in [0.4, 0.5) is 34.1 Å². The maximum Gasteiger partial charge on any atom is 0.280 e. The summed E-state index contributed by atoms with van der Waals surface area (Å²) in [7, 11) is 0. The number of Topliss-reactive ketones (excluding diaryl/α,β-unsaturated/α-hetero) is 3. The van der Waals surface area contributed by atoms with Gasteiger partial charge in [0.2, 0.25) is 17.9 Å². The number of aromatic nitrogens is 1. The highest BCUT2D eigenvalue weighted by Crippen LogP contribution is 2.39. The minimum Gasteiger partial charge on any atom is -0.494 e. The third-order valence-corrected chi connectivity index (χ3v) is 12.6. The molecule has 0 saturated heterocycles. The monoisotopic (exact) mass is 1070 g/mol. The van der Waals surface area contributed by atoms with E-state index in [4.69, 9.17) is 21.3 Å². The zero-order valence-corrected chi connectivity index (χ0v) is 42.6. The standard InChI is InChI=1S/C39H35N7O8.C20H10N4O2/c1-22(47)37(32(49)18-24-11-14-28-26(17-24)20-36(51)41-28)45-43-29-7-3-5-9-33(29)53-15-16-54-34-10-6-4-8-30(34)44-46-38(23(2)48)39(52)40-27-13-12-25-19-35(50)42-31(25)21-27;1-22-14-7-3-6-13(9-14)18-16-15(19(25)24-18)17(23-20(16)26)12-5-2-4-11(8-12)10-21/h3-14,17,21,37-38H,15-16,18-20H2,1-2H3,(H,40,52)(H,41,51)(H,42,50);2-9,24-25H. The first kappa shape index (κ1) is 53.8. The SMILES string of the molecule is CC(=O)C(N=Nc1ccccc1OCCOc1ccccc1N=NC(C(C)=O)C(=O)Nc1ccc2c(c1)NC(=O)C2)C(=O)Cc1ccc2c(c1)CC(=O)N2.[C-]#[N+]c1cccc(-c2[nH]c(O)c3c2C(=O)N=C3c2cccc(C#N)c2)c1. The van der Waals surface area contributed by atoms with E-state index in [-0.39, 0.29) is 61.4 Å². The Balaban J connectivity index is 0.000000247. The van der Waals surface area contributed by atoms with Crippen molar-refractivity contribution in [3.05, 3.63) is 184 Å². The van der Waals surface area contributed by atoms with Gasteiger partial charge in [0.1, 0.15) is 36.1 Å². The van der Waals surface area contributed by atoms with E-state index in [0.717, 1.165) is 11.1 Å². The molecule has 3 aliphatic heterocycles. The molecule has 7 aromatic rings. The number of fused-ring (bicyclic) bond motifs is 3. The van der Waals surface area contributed by atoms with Gasteiger partial charge < -0.3 is 35.5 Å². The first-order valence-corrected chi connectivity index (χ1v) is 24.7. The predicted molar refractivity (Wildman–Crippen MR) is 292 cm³/mol. The first-order valence-electron chi connectivity index (χ1n) is 24.7. The number of anilines is 3. The van der Waals surface area contributed by atoms with E-state index in [0.29, 0.717) is 79.2 Å². The van der Waals surface area contributed by atoms with Gasteiger partial charge >= 0.3 is 0 Å². The smallest absolute Gasteiger partial charge is 0.280 e. The number of aliphatic imine (C=N–C) groups is 1. The van der Waals surface area contributed by atoms with E-state index in [1.165, 1.54) is 13.8 Å². The topological polar surface area (TPSA) is 300 Å². The van der Waals surface area contributed by atoms with E-state index < -0.39 is 41.2 Å². The average Bonchev–Trinajstić information content (AvgIpc) is 4.22. The number of hydrogen-bond donors (Lipinski definition) is 5. The number of nitrogens with one attached hydrogen (secondary N) is 4. The van der Waals surface area contributed by atoms with Crippen LogP contribution >= 0.6 is 0 Å². The van der Waals surface area contributed by atoms with Gasteiger partial charge in [0.25, 0.3) is 11.8 Å². The molecular formula is C59H45N11O10. The molecule has 10 rings (SSSR count). The van der Waals surface area contributed by atoms with Crippen molar-refractivity contribution in [1.82, 2.24) is 4.98 Å². The number of H-pyrrole nitrogens is 1. The van der Waals surface area contributed by atoms with Crippen molar-refractivity contribution in [2.45, 2.75) is 45.2 Å². The number of ether oxygens (including phenoxy) is 2. The van der Waals surface area contributed by atoms with Crippen LogP contribution in [0.15, 0.2) is 159 Å². The van der Waals surface area contributed by atoms with Crippen molar-refractivity contribution in [1.29, 1.82) is 5.26 Å². The molecule has 6 aromatic carbocycles. The van der Waals surface area contributed by atoms with E-state index in [1.807, 2.05) is 6.07 Å². The highest BCUT2D eigenvalue weighted by atomic mass is 16.5. The number of carbonyl (C=O) groups is 7. The lowest BCUT2D eigenvalue weighted by Crippen LogP contribution is -2.31. The van der Waals surface area contributed by atoms with E-state index in [2.05, 4.69) is 51.2 Å². The number of aromatic hydroxyl groups is 1. The predicted octanol–water partition coefficient (Wildman–Crippen LogP) is 9.47. The molecule has 5 N–H and O–H groups in total. The summed E-state index contributed by atoms with van der Waals surface area (Å²) < 4.78 is 11.8. The number of hydrogen-bond acceptors (Lipinski definition) is 15. The van der Waals surface area contributed by atoms with Gasteiger partial charge in [-0.15, -0.1) is 0 Å². The number of ketones is 3. The fraction of sp³-hybridized carbons (Fsp3) is 0.153. The fourth-order valence-electron chi connectivity index (χ4n) is 8.79. The van der Waals surface area contributed by atoms with Gasteiger partial charge in [-0.3, -0.25) is 33.6 Å². The van der Waals surface area contributed by atoms with Gasteiger partial charge in [-0.2, -0.15) is 25.7 Å². The lowest BCUT2D eigenvalue weighted by molar-refractivity contribution is -0.128. The van der Waals surface area contributed by atoms with Crippen LogP contribution in [0, 0.1) is 17.9 Å². The number of nitriles is 1. The van der Waals surface area contributed by atoms with Crippen LogP contribution in [0.5, 0.6) is 17.4 Å². The van der Waals surface area contributed by atoms with Crippen molar-refractivity contribution >= 4 is 80.8 Å². The summed E-state index contributed by atoms with van der Waals surface area (Å²) in [5, 5.41) is 44.0. The van der Waals surface area contributed by atoms with Crippen LogP contribution in [0.3, 0.4) is 0 Å². The number of benzene rings is 6. The van der Waals surface area contributed by atoms with Gasteiger partial charge in [-0.1, -0.05) is 72.8 Å². The maximum atomic E-state index is 13.1. The summed E-state index contributed by atoms with van der Waals surface area (Å²) >= 11 is 0. The van der Waals surface area contributed by atoms with E-state index >= 15 is 0 Å². The molecule has 0 spiro atoms. The molecule has 0 aliphatic carbocycles. The Morgan fingerprint density at radius 3 is 2.04 bits per heavy atom. The second-order valence-corrected chi connectivity index (χ2v) is 18.3. The highest BCUT2D eigenvalue weighted by molar-refractivity contribution is 6.30. The zero-order chi connectivity index (χ0) is 56.5. The maximum absolute atomic E-state index is 13.1. The lowest BCUT2D eigenvalue weighted by atomic mass is 9.99. The Morgan fingerprint density at radius 1 is 0.725 bits per heavy atom. The Hall–Kier alpha value is -11.1. The number of para-hydroxylation sites is 2. The molecular weight excluding hydrogens is 1020 g/mol. The molecule has 0 saturated carbocycles. The number of aromatic amines is 1. The van der Waals surface area contributed by atoms with Crippen molar-refractivity contribution < 1.29 is 48.1 Å². The van der Waals surface area contributed by atoms with Gasteiger partial charge in [0, 0.05) is 29.0 Å². The van der Waals surface area contributed by atoms with Crippen LogP contribution in [0.1, 0.15) is 57.6 Å². The molecule has 2 unspecified atom stereocenters. The van der Waals surface area contributed by atoms with Gasteiger partial charge in [0.15, 0.2) is 35.0 Å². The molecule has 2 atom stereocenters. The molecule has 0 radical (unpaired) electrons. The second-order valence-electron chi connectivity index (χ2n) is 18.3. The van der Waals surface area contributed by atoms with Gasteiger partial charge in [0.05, 0.1) is 53.6 Å². The first-order chi connectivity index (χ1) is 38.7. The average molecular weight is 1070 g/mol. The summed E-state index contributed by atoms with van der Waals surface area (Å²) in [6.07, 6.45) is 0.437. The zero-order valence-electron chi connectivity index (χ0n) is 42.6. The molecule has 1 aromatic heterocycles. The molecule has 21 nitrogen and oxygen atoms in total. The quantitative estimate of drug-likeness (QED) is 0.0233. The summed E-state index contributed by atoms with van der Waals surface area (Å²) in [6, 6.07) is 36.4.